The highest BCUT2D eigenvalue weighted by molar-refractivity contribution is 5.33. The number of pyridine rings is 1. The number of hydrogen-bond acceptors (Lipinski definition) is 2. The highest BCUT2D eigenvalue weighted by Gasteiger charge is 2.18. The van der Waals surface area contributed by atoms with Crippen molar-refractivity contribution in [1.29, 1.82) is 0 Å². The van der Waals surface area contributed by atoms with E-state index >= 15 is 0 Å². The monoisotopic (exact) mass is 282 g/mol. The third-order valence-electron chi connectivity index (χ3n) is 4.46. The molecule has 21 heavy (non-hydrogen) atoms. The molecule has 0 aliphatic heterocycles. The Hall–Kier alpha value is -1.87. The van der Waals surface area contributed by atoms with Crippen molar-refractivity contribution in [2.24, 2.45) is 5.73 Å². The first kappa shape index (κ1) is 14.1. The zero-order valence-corrected chi connectivity index (χ0v) is 12.7. The minimum atomic E-state index is -0.144. The van der Waals surface area contributed by atoms with Crippen LogP contribution in [0.3, 0.4) is 0 Å². The van der Waals surface area contributed by atoms with Gasteiger partial charge in [0.15, 0.2) is 0 Å². The summed E-state index contributed by atoms with van der Waals surface area (Å²) < 4.78 is 1.88. The SMILES string of the molecule is Cc1ccc(C)c(C(N)Cn2c3c(ccc2=O)CCC3)c1. The van der Waals surface area contributed by atoms with Gasteiger partial charge in [-0.1, -0.05) is 29.8 Å². The van der Waals surface area contributed by atoms with Crippen LogP contribution in [-0.4, -0.2) is 4.57 Å². The van der Waals surface area contributed by atoms with Gasteiger partial charge in [-0.3, -0.25) is 4.79 Å². The van der Waals surface area contributed by atoms with Crippen molar-refractivity contribution in [1.82, 2.24) is 4.57 Å². The van der Waals surface area contributed by atoms with Gasteiger partial charge in [0.2, 0.25) is 0 Å². The molecule has 0 bridgehead atoms. The summed E-state index contributed by atoms with van der Waals surface area (Å²) in [5, 5.41) is 0. The van der Waals surface area contributed by atoms with Gasteiger partial charge in [0, 0.05) is 24.3 Å². The summed E-state index contributed by atoms with van der Waals surface area (Å²) in [6, 6.07) is 9.84. The van der Waals surface area contributed by atoms with Gasteiger partial charge >= 0.3 is 0 Å². The van der Waals surface area contributed by atoms with Crippen molar-refractivity contribution in [2.45, 2.75) is 45.7 Å². The third kappa shape index (κ3) is 2.66. The zero-order chi connectivity index (χ0) is 15.0. The Morgan fingerprint density at radius 1 is 1.19 bits per heavy atom. The van der Waals surface area contributed by atoms with E-state index in [4.69, 9.17) is 5.73 Å². The van der Waals surface area contributed by atoms with E-state index in [0.717, 1.165) is 24.8 Å². The van der Waals surface area contributed by atoms with Crippen LogP contribution in [-0.2, 0) is 19.4 Å². The maximum atomic E-state index is 12.2. The smallest absolute Gasteiger partial charge is 0.250 e. The molecule has 0 saturated carbocycles. The molecule has 1 aromatic carbocycles. The zero-order valence-electron chi connectivity index (χ0n) is 12.7. The normalized spacial score (nSPS) is 15.0. The second-order valence-corrected chi connectivity index (χ2v) is 6.07. The highest BCUT2D eigenvalue weighted by Crippen LogP contribution is 2.23. The molecule has 3 heteroatoms. The molecule has 0 spiro atoms. The lowest BCUT2D eigenvalue weighted by Crippen LogP contribution is -2.29. The molecule has 0 radical (unpaired) electrons. The molecule has 1 heterocycles. The summed E-state index contributed by atoms with van der Waals surface area (Å²) in [7, 11) is 0. The van der Waals surface area contributed by atoms with Crippen LogP contribution >= 0.6 is 0 Å². The largest absolute Gasteiger partial charge is 0.322 e. The molecule has 2 aromatic rings. The van der Waals surface area contributed by atoms with Crippen LogP contribution < -0.4 is 11.3 Å². The number of nitrogens with two attached hydrogens (primary N) is 1. The van der Waals surface area contributed by atoms with Gasteiger partial charge in [-0.2, -0.15) is 0 Å². The van der Waals surface area contributed by atoms with E-state index in [1.165, 1.54) is 22.4 Å². The van der Waals surface area contributed by atoms with Crippen molar-refractivity contribution in [2.75, 3.05) is 0 Å². The van der Waals surface area contributed by atoms with Gasteiger partial charge in [0.1, 0.15) is 0 Å². The fourth-order valence-electron chi connectivity index (χ4n) is 3.29. The Bertz CT molecular complexity index is 730. The van der Waals surface area contributed by atoms with Crippen molar-refractivity contribution < 1.29 is 0 Å². The molecule has 1 aromatic heterocycles. The van der Waals surface area contributed by atoms with Gasteiger partial charge in [0.05, 0.1) is 0 Å². The van der Waals surface area contributed by atoms with Crippen molar-refractivity contribution >= 4 is 0 Å². The molecule has 0 fully saturated rings. The molecule has 1 atom stereocenters. The molecule has 110 valence electrons. The van der Waals surface area contributed by atoms with Gasteiger partial charge in [-0.15, -0.1) is 0 Å². The Morgan fingerprint density at radius 3 is 2.81 bits per heavy atom. The van der Waals surface area contributed by atoms with Crippen LogP contribution in [0, 0.1) is 13.8 Å². The number of benzene rings is 1. The molecule has 0 saturated heterocycles. The second kappa shape index (κ2) is 5.49. The average Bonchev–Trinajstić information content (AvgIpc) is 2.93. The van der Waals surface area contributed by atoms with E-state index in [-0.39, 0.29) is 11.6 Å². The molecule has 1 aliphatic rings. The quantitative estimate of drug-likeness (QED) is 0.941. The number of nitrogens with zero attached hydrogens (tertiary/aromatic N) is 1. The lowest BCUT2D eigenvalue weighted by molar-refractivity contribution is 0.542. The highest BCUT2D eigenvalue weighted by atomic mass is 16.1. The number of aromatic nitrogens is 1. The molecule has 1 aliphatic carbocycles. The van der Waals surface area contributed by atoms with E-state index in [1.54, 1.807) is 6.07 Å². The van der Waals surface area contributed by atoms with E-state index in [1.807, 2.05) is 10.6 Å². The molecule has 3 rings (SSSR count). The first-order chi connectivity index (χ1) is 10.1. The Labute approximate surface area is 125 Å². The van der Waals surface area contributed by atoms with E-state index in [9.17, 15) is 4.79 Å². The Kier molecular flexibility index (Phi) is 3.68. The summed E-state index contributed by atoms with van der Waals surface area (Å²) in [5.74, 6) is 0. The predicted octanol–water partition coefficient (Wildman–Crippen LogP) is 2.65. The van der Waals surface area contributed by atoms with Gasteiger partial charge in [0.25, 0.3) is 5.56 Å². The summed E-state index contributed by atoms with van der Waals surface area (Å²) in [6.07, 6.45) is 3.21. The fourth-order valence-corrected chi connectivity index (χ4v) is 3.29. The lowest BCUT2D eigenvalue weighted by atomic mass is 9.99. The summed E-state index contributed by atoms with van der Waals surface area (Å²) >= 11 is 0. The maximum Gasteiger partial charge on any atom is 0.250 e. The minimum absolute atomic E-state index is 0.0661. The summed E-state index contributed by atoms with van der Waals surface area (Å²) in [4.78, 5) is 12.2. The average molecular weight is 282 g/mol. The van der Waals surface area contributed by atoms with Crippen LogP contribution in [0.25, 0.3) is 0 Å². The fraction of sp³-hybridized carbons (Fsp3) is 0.389. The van der Waals surface area contributed by atoms with E-state index in [0.29, 0.717) is 6.54 Å². The lowest BCUT2D eigenvalue weighted by Gasteiger charge is -2.19. The molecule has 0 amide bonds. The number of rotatable bonds is 3. The van der Waals surface area contributed by atoms with E-state index < -0.39 is 0 Å². The second-order valence-electron chi connectivity index (χ2n) is 6.07. The first-order valence-corrected chi connectivity index (χ1v) is 7.60. The van der Waals surface area contributed by atoms with Crippen LogP contribution in [0.15, 0.2) is 35.1 Å². The van der Waals surface area contributed by atoms with Crippen LogP contribution in [0.5, 0.6) is 0 Å². The molecule has 1 unspecified atom stereocenters. The Morgan fingerprint density at radius 2 is 2.00 bits per heavy atom. The number of aryl methyl sites for hydroxylation is 3. The number of fused-ring (bicyclic) bond motifs is 1. The summed E-state index contributed by atoms with van der Waals surface area (Å²) in [5.41, 5.74) is 12.5. The Balaban J connectivity index is 1.96. The standard InChI is InChI=1S/C18H22N2O/c1-12-6-7-13(2)15(10-12)16(19)11-20-17-5-3-4-14(17)8-9-18(20)21/h6-10,16H,3-5,11,19H2,1-2H3. The van der Waals surface area contributed by atoms with Crippen LogP contribution in [0.2, 0.25) is 0 Å². The third-order valence-corrected chi connectivity index (χ3v) is 4.46. The molecular weight excluding hydrogens is 260 g/mol. The van der Waals surface area contributed by atoms with Crippen LogP contribution in [0.4, 0.5) is 0 Å². The topological polar surface area (TPSA) is 48.0 Å². The summed E-state index contributed by atoms with van der Waals surface area (Å²) in [6.45, 7) is 4.71. The van der Waals surface area contributed by atoms with Crippen molar-refractivity contribution in [3.63, 3.8) is 0 Å². The molecular formula is C18H22N2O. The van der Waals surface area contributed by atoms with Gasteiger partial charge in [-0.25, -0.2) is 0 Å². The predicted molar refractivity (Wildman–Crippen MR) is 85.6 cm³/mol. The van der Waals surface area contributed by atoms with Gasteiger partial charge < -0.3 is 10.3 Å². The van der Waals surface area contributed by atoms with Crippen LogP contribution in [0.1, 0.15) is 40.4 Å². The van der Waals surface area contributed by atoms with E-state index in [2.05, 4.69) is 32.0 Å². The minimum Gasteiger partial charge on any atom is -0.322 e. The van der Waals surface area contributed by atoms with Crippen molar-refractivity contribution in [3.8, 4) is 0 Å². The first-order valence-electron chi connectivity index (χ1n) is 7.60. The van der Waals surface area contributed by atoms with Gasteiger partial charge in [-0.05, 0) is 49.8 Å². The molecule has 2 N–H and O–H groups in total. The van der Waals surface area contributed by atoms with Crippen molar-refractivity contribution in [3.05, 3.63) is 68.6 Å². The number of hydrogen-bond donors (Lipinski definition) is 1. The molecule has 3 nitrogen and oxygen atoms in total. The maximum absolute atomic E-state index is 12.2.